The van der Waals surface area contributed by atoms with Crippen molar-refractivity contribution in [1.29, 1.82) is 0 Å². The van der Waals surface area contributed by atoms with Gasteiger partial charge in [-0.05, 0) is 26.3 Å². The van der Waals surface area contributed by atoms with Crippen LogP contribution in [0.15, 0.2) is 12.4 Å². The Bertz CT molecular complexity index is 934. The van der Waals surface area contributed by atoms with E-state index in [0.29, 0.717) is 6.61 Å². The minimum Gasteiger partial charge on any atom is -0.370 e. The molecule has 4 rings (SSSR count). The minimum absolute atomic E-state index is 0.143. The third kappa shape index (κ3) is 2.98. The Morgan fingerprint density at radius 1 is 1.32 bits per heavy atom. The molecule has 0 amide bonds. The molecule has 0 radical (unpaired) electrons. The van der Waals surface area contributed by atoms with Crippen LogP contribution in [0.4, 0.5) is 5.82 Å². The van der Waals surface area contributed by atoms with Gasteiger partial charge < -0.3 is 9.64 Å². The van der Waals surface area contributed by atoms with Crippen molar-refractivity contribution < 1.29 is 4.74 Å². The van der Waals surface area contributed by atoms with Gasteiger partial charge in [-0.15, -0.1) is 11.3 Å². The number of hydrogen-bond acceptors (Lipinski definition) is 6. The smallest absolute Gasteiger partial charge is 0.149 e. The second-order valence-corrected chi connectivity index (χ2v) is 8.42. The highest BCUT2D eigenvalue weighted by Crippen LogP contribution is 2.38. The molecule has 0 unspecified atom stereocenters. The monoisotopic (exact) mass is 356 g/mol. The second kappa shape index (κ2) is 6.18. The molecule has 0 saturated carbocycles. The lowest BCUT2D eigenvalue weighted by Gasteiger charge is -2.30. The molecule has 0 saturated heterocycles. The van der Waals surface area contributed by atoms with Crippen molar-refractivity contribution in [3.05, 3.63) is 23.7 Å². The molecule has 0 fully saturated rings. The largest absolute Gasteiger partial charge is 0.370 e. The van der Waals surface area contributed by atoms with E-state index in [-0.39, 0.29) is 5.60 Å². The summed E-state index contributed by atoms with van der Waals surface area (Å²) >= 11 is 1.70. The third-order valence-electron chi connectivity index (χ3n) is 4.82. The highest BCUT2D eigenvalue weighted by molar-refractivity contribution is 7.25. The van der Waals surface area contributed by atoms with Crippen molar-refractivity contribution >= 4 is 37.6 Å². The summed E-state index contributed by atoms with van der Waals surface area (Å²) in [5.74, 6) is 1.01. The molecule has 0 atom stereocenters. The maximum atomic E-state index is 5.96. The summed E-state index contributed by atoms with van der Waals surface area (Å²) in [6.45, 7) is 8.08. The first kappa shape index (κ1) is 16.7. The van der Waals surface area contributed by atoms with Crippen molar-refractivity contribution in [3.63, 3.8) is 0 Å². The fraction of sp³-hybridized carbons (Fsp3) is 0.526. The molecular formula is C19H24N4OS. The van der Waals surface area contributed by atoms with Gasteiger partial charge in [-0.3, -0.25) is 0 Å². The van der Waals surface area contributed by atoms with Gasteiger partial charge in [0.25, 0.3) is 0 Å². The third-order valence-corrected chi connectivity index (χ3v) is 5.90. The number of hydrogen-bond donors (Lipinski definition) is 0. The van der Waals surface area contributed by atoms with Crippen LogP contribution in [0.3, 0.4) is 0 Å². The number of pyridine rings is 1. The number of unbranched alkanes of at least 4 members (excludes halogenated alkanes) is 1. The zero-order valence-electron chi connectivity index (χ0n) is 15.3. The summed E-state index contributed by atoms with van der Waals surface area (Å²) in [6, 6.07) is 2.22. The standard InChI is InChI=1S/C19H24N4OS/c1-5-6-7-23(4)17-16-15(20-11-21-17)13-8-12-10-24-19(2,3)9-14(12)22-18(13)25-16/h8,11H,5-7,9-10H2,1-4H3. The molecule has 3 aromatic rings. The van der Waals surface area contributed by atoms with Gasteiger partial charge in [0.1, 0.15) is 17.0 Å². The summed E-state index contributed by atoms with van der Waals surface area (Å²) in [7, 11) is 2.11. The zero-order valence-corrected chi connectivity index (χ0v) is 16.1. The predicted octanol–water partition coefficient (Wildman–Crippen LogP) is 4.33. The maximum absolute atomic E-state index is 5.96. The molecule has 4 heterocycles. The van der Waals surface area contributed by atoms with Crippen LogP contribution in [-0.4, -0.2) is 34.1 Å². The van der Waals surface area contributed by atoms with Gasteiger partial charge in [0.05, 0.1) is 28.1 Å². The number of rotatable bonds is 4. The Balaban J connectivity index is 1.84. The number of thiophene rings is 1. The summed E-state index contributed by atoms with van der Waals surface area (Å²) < 4.78 is 7.09. The fourth-order valence-corrected chi connectivity index (χ4v) is 4.52. The molecule has 3 aromatic heterocycles. The van der Waals surface area contributed by atoms with E-state index < -0.39 is 0 Å². The first-order chi connectivity index (χ1) is 12.0. The maximum Gasteiger partial charge on any atom is 0.149 e. The van der Waals surface area contributed by atoms with Gasteiger partial charge in [0, 0.05) is 31.0 Å². The number of anilines is 1. The van der Waals surface area contributed by atoms with Gasteiger partial charge in [-0.25, -0.2) is 15.0 Å². The van der Waals surface area contributed by atoms with Crippen molar-refractivity contribution in [3.8, 4) is 0 Å². The van der Waals surface area contributed by atoms with E-state index in [2.05, 4.69) is 48.8 Å². The molecule has 25 heavy (non-hydrogen) atoms. The average Bonchev–Trinajstić information content (AvgIpc) is 2.94. The zero-order chi connectivity index (χ0) is 17.6. The lowest BCUT2D eigenvalue weighted by Crippen LogP contribution is -2.32. The van der Waals surface area contributed by atoms with Crippen LogP contribution in [0.25, 0.3) is 20.4 Å². The van der Waals surface area contributed by atoms with Crippen molar-refractivity contribution in [2.45, 2.75) is 52.2 Å². The minimum atomic E-state index is -0.143. The van der Waals surface area contributed by atoms with Gasteiger partial charge in [-0.1, -0.05) is 13.3 Å². The van der Waals surface area contributed by atoms with E-state index in [1.165, 1.54) is 12.0 Å². The summed E-state index contributed by atoms with van der Waals surface area (Å²) in [6.07, 6.45) is 4.85. The van der Waals surface area contributed by atoms with Gasteiger partial charge in [0.2, 0.25) is 0 Å². The van der Waals surface area contributed by atoms with Gasteiger partial charge in [-0.2, -0.15) is 0 Å². The number of nitrogens with zero attached hydrogens (tertiary/aromatic N) is 4. The molecule has 0 N–H and O–H groups in total. The van der Waals surface area contributed by atoms with Gasteiger partial charge >= 0.3 is 0 Å². The Labute approximate surface area is 152 Å². The van der Waals surface area contributed by atoms with E-state index in [0.717, 1.165) is 51.3 Å². The van der Waals surface area contributed by atoms with Crippen molar-refractivity contribution in [2.75, 3.05) is 18.5 Å². The molecule has 132 valence electrons. The molecule has 1 aliphatic rings. The molecule has 5 nitrogen and oxygen atoms in total. The van der Waals surface area contributed by atoms with E-state index in [1.54, 1.807) is 17.7 Å². The molecule has 0 aromatic carbocycles. The highest BCUT2D eigenvalue weighted by atomic mass is 32.1. The Hall–Kier alpha value is -1.79. The highest BCUT2D eigenvalue weighted by Gasteiger charge is 2.28. The van der Waals surface area contributed by atoms with E-state index in [1.807, 2.05) is 0 Å². The molecule has 0 bridgehead atoms. The van der Waals surface area contributed by atoms with E-state index >= 15 is 0 Å². The second-order valence-electron chi connectivity index (χ2n) is 7.42. The SMILES string of the molecule is CCCCN(C)c1ncnc2c1sc1nc3c(cc12)COC(C)(C)C3. The Morgan fingerprint density at radius 2 is 2.16 bits per heavy atom. The lowest BCUT2D eigenvalue weighted by molar-refractivity contribution is -0.0411. The van der Waals surface area contributed by atoms with E-state index in [4.69, 9.17) is 9.72 Å². The van der Waals surface area contributed by atoms with Crippen molar-refractivity contribution in [1.82, 2.24) is 15.0 Å². The van der Waals surface area contributed by atoms with Gasteiger partial charge in [0.15, 0.2) is 0 Å². The first-order valence-electron chi connectivity index (χ1n) is 8.89. The van der Waals surface area contributed by atoms with Crippen molar-refractivity contribution in [2.24, 2.45) is 0 Å². The van der Waals surface area contributed by atoms with Crippen LogP contribution in [0.2, 0.25) is 0 Å². The van der Waals surface area contributed by atoms with Crippen LogP contribution >= 0.6 is 11.3 Å². The Kier molecular flexibility index (Phi) is 4.12. The van der Waals surface area contributed by atoms with Crippen LogP contribution < -0.4 is 4.90 Å². The average molecular weight is 356 g/mol. The number of aromatic nitrogens is 3. The Morgan fingerprint density at radius 3 is 2.96 bits per heavy atom. The molecule has 6 heteroatoms. The summed E-state index contributed by atoms with van der Waals surface area (Å²) in [5, 5.41) is 1.12. The normalized spacial score (nSPS) is 16.3. The van der Waals surface area contributed by atoms with Crippen LogP contribution in [0, 0.1) is 0 Å². The number of ether oxygens (including phenoxy) is 1. The first-order valence-corrected chi connectivity index (χ1v) is 9.71. The van der Waals surface area contributed by atoms with E-state index in [9.17, 15) is 0 Å². The van der Waals surface area contributed by atoms with Crippen LogP contribution in [-0.2, 0) is 17.8 Å². The quantitative estimate of drug-likeness (QED) is 0.696. The summed E-state index contributed by atoms with van der Waals surface area (Å²) in [4.78, 5) is 17.4. The summed E-state index contributed by atoms with van der Waals surface area (Å²) in [5.41, 5.74) is 3.21. The molecule has 1 aliphatic heterocycles. The molecular weight excluding hydrogens is 332 g/mol. The molecule has 0 aliphatic carbocycles. The van der Waals surface area contributed by atoms with Crippen LogP contribution in [0.5, 0.6) is 0 Å². The van der Waals surface area contributed by atoms with Crippen LogP contribution in [0.1, 0.15) is 44.9 Å². The topological polar surface area (TPSA) is 51.1 Å². The lowest BCUT2D eigenvalue weighted by atomic mass is 9.95. The molecule has 0 spiro atoms. The number of fused-ring (bicyclic) bond motifs is 4. The fourth-order valence-electron chi connectivity index (χ4n) is 3.35. The predicted molar refractivity (Wildman–Crippen MR) is 103 cm³/mol.